The summed E-state index contributed by atoms with van der Waals surface area (Å²) in [4.78, 5) is 25.1. The van der Waals surface area contributed by atoms with Crippen molar-refractivity contribution in [2.24, 2.45) is 0 Å². The first-order valence-corrected chi connectivity index (χ1v) is 8.81. The van der Waals surface area contributed by atoms with Crippen molar-refractivity contribution in [3.8, 4) is 11.3 Å². The second-order valence-electron chi connectivity index (χ2n) is 5.66. The van der Waals surface area contributed by atoms with E-state index in [2.05, 4.69) is 0 Å². The topological polar surface area (TPSA) is 56.5 Å². The SMILES string of the molecule is CCOC(=O)C(=Cc1ccc(-c2ccccc2Cl)o1)C(=O)c1ccccc1. The third-order valence-corrected chi connectivity index (χ3v) is 4.16. The summed E-state index contributed by atoms with van der Waals surface area (Å²) in [6.45, 7) is 1.85. The second-order valence-corrected chi connectivity index (χ2v) is 6.06. The number of Topliss-reactive ketones (excluding diaryl/α,β-unsaturated/α-hetero) is 1. The highest BCUT2D eigenvalue weighted by atomic mass is 35.5. The molecule has 0 aliphatic rings. The molecule has 136 valence electrons. The number of ketones is 1. The highest BCUT2D eigenvalue weighted by Crippen LogP contribution is 2.30. The van der Waals surface area contributed by atoms with Crippen molar-refractivity contribution in [3.05, 3.63) is 88.6 Å². The standard InChI is InChI=1S/C22H17ClO4/c1-2-26-22(25)18(21(24)15-8-4-3-5-9-15)14-16-12-13-20(27-16)17-10-6-7-11-19(17)23/h3-14H,2H2,1H3. The van der Waals surface area contributed by atoms with Gasteiger partial charge in [-0.15, -0.1) is 0 Å². The highest BCUT2D eigenvalue weighted by Gasteiger charge is 2.22. The van der Waals surface area contributed by atoms with Gasteiger partial charge in [-0.2, -0.15) is 0 Å². The Morgan fingerprint density at radius 3 is 2.41 bits per heavy atom. The molecule has 3 rings (SSSR count). The maximum atomic E-state index is 12.8. The number of carbonyl (C=O) groups excluding carboxylic acids is 2. The Kier molecular flexibility index (Phi) is 5.89. The fourth-order valence-electron chi connectivity index (χ4n) is 2.55. The van der Waals surface area contributed by atoms with Crippen molar-refractivity contribution in [2.45, 2.75) is 6.92 Å². The van der Waals surface area contributed by atoms with E-state index in [0.29, 0.717) is 22.1 Å². The maximum Gasteiger partial charge on any atom is 0.342 e. The molecule has 0 radical (unpaired) electrons. The molecule has 0 aliphatic heterocycles. The summed E-state index contributed by atoms with van der Waals surface area (Å²) >= 11 is 6.19. The third-order valence-electron chi connectivity index (χ3n) is 3.83. The van der Waals surface area contributed by atoms with Crippen LogP contribution >= 0.6 is 11.6 Å². The Balaban J connectivity index is 1.98. The van der Waals surface area contributed by atoms with E-state index < -0.39 is 11.8 Å². The maximum absolute atomic E-state index is 12.8. The largest absolute Gasteiger partial charge is 0.462 e. The van der Waals surface area contributed by atoms with Gasteiger partial charge in [0.05, 0.1) is 11.6 Å². The fraction of sp³-hybridized carbons (Fsp3) is 0.0909. The number of halogens is 1. The van der Waals surface area contributed by atoms with E-state index in [1.165, 1.54) is 6.08 Å². The summed E-state index contributed by atoms with van der Waals surface area (Å²) in [6, 6.07) is 19.2. The molecule has 4 nitrogen and oxygen atoms in total. The molecule has 0 N–H and O–H groups in total. The van der Waals surface area contributed by atoms with Crippen molar-refractivity contribution in [1.82, 2.24) is 0 Å². The number of furan rings is 1. The zero-order chi connectivity index (χ0) is 19.2. The molecular formula is C22H17ClO4. The summed E-state index contributed by atoms with van der Waals surface area (Å²) < 4.78 is 10.8. The summed E-state index contributed by atoms with van der Waals surface area (Å²) in [5, 5.41) is 0.549. The Hall–Kier alpha value is -3.11. The molecule has 0 unspecified atom stereocenters. The Morgan fingerprint density at radius 2 is 1.70 bits per heavy atom. The molecule has 3 aromatic rings. The molecule has 1 aromatic heterocycles. The Morgan fingerprint density at radius 1 is 1.00 bits per heavy atom. The number of benzene rings is 2. The van der Waals surface area contributed by atoms with Gasteiger partial charge >= 0.3 is 5.97 Å². The van der Waals surface area contributed by atoms with Crippen LogP contribution in [0.5, 0.6) is 0 Å². The molecule has 0 saturated heterocycles. The molecular weight excluding hydrogens is 364 g/mol. The van der Waals surface area contributed by atoms with Crippen molar-refractivity contribution in [3.63, 3.8) is 0 Å². The molecule has 2 aromatic carbocycles. The van der Waals surface area contributed by atoms with Gasteiger partial charge in [-0.1, -0.05) is 54.1 Å². The smallest absolute Gasteiger partial charge is 0.342 e. The average molecular weight is 381 g/mol. The van der Waals surface area contributed by atoms with Crippen LogP contribution in [-0.4, -0.2) is 18.4 Å². The van der Waals surface area contributed by atoms with E-state index in [0.717, 1.165) is 5.56 Å². The average Bonchev–Trinajstić information content (AvgIpc) is 3.15. The molecule has 0 fully saturated rings. The highest BCUT2D eigenvalue weighted by molar-refractivity contribution is 6.33. The van der Waals surface area contributed by atoms with Crippen LogP contribution in [0.15, 0.2) is 76.7 Å². The fourth-order valence-corrected chi connectivity index (χ4v) is 2.78. The van der Waals surface area contributed by atoms with Gasteiger partial charge < -0.3 is 9.15 Å². The summed E-state index contributed by atoms with van der Waals surface area (Å²) in [5.41, 5.74) is 1.03. The number of rotatable bonds is 6. The van der Waals surface area contributed by atoms with Crippen molar-refractivity contribution in [2.75, 3.05) is 6.61 Å². The normalized spacial score (nSPS) is 11.3. The molecule has 0 amide bonds. The number of hydrogen-bond donors (Lipinski definition) is 0. The van der Waals surface area contributed by atoms with Gasteiger partial charge in [0.2, 0.25) is 0 Å². The van der Waals surface area contributed by atoms with E-state index in [9.17, 15) is 9.59 Å². The minimum absolute atomic E-state index is 0.0943. The van der Waals surface area contributed by atoms with Crippen LogP contribution in [0.1, 0.15) is 23.0 Å². The Bertz CT molecular complexity index is 986. The van der Waals surface area contributed by atoms with Crippen LogP contribution in [0.2, 0.25) is 5.02 Å². The minimum atomic E-state index is -0.693. The van der Waals surface area contributed by atoms with Crippen LogP contribution in [0.3, 0.4) is 0 Å². The van der Waals surface area contributed by atoms with Gasteiger partial charge in [0, 0.05) is 11.1 Å². The van der Waals surface area contributed by atoms with Crippen LogP contribution in [0.25, 0.3) is 17.4 Å². The van der Waals surface area contributed by atoms with E-state index >= 15 is 0 Å². The number of carbonyl (C=O) groups is 2. The first kappa shape index (κ1) is 18.7. The number of hydrogen-bond acceptors (Lipinski definition) is 4. The number of ether oxygens (including phenoxy) is 1. The van der Waals surface area contributed by atoms with Gasteiger partial charge in [-0.3, -0.25) is 4.79 Å². The lowest BCUT2D eigenvalue weighted by Gasteiger charge is -2.06. The van der Waals surface area contributed by atoms with Gasteiger partial charge in [0.25, 0.3) is 0 Å². The molecule has 0 saturated carbocycles. The third kappa shape index (κ3) is 4.36. The summed E-state index contributed by atoms with van der Waals surface area (Å²) in [6.07, 6.45) is 1.40. The summed E-state index contributed by atoms with van der Waals surface area (Å²) in [5.74, 6) is -0.216. The van der Waals surface area contributed by atoms with Crippen molar-refractivity contribution < 1.29 is 18.7 Å². The molecule has 1 heterocycles. The van der Waals surface area contributed by atoms with Gasteiger partial charge in [0.15, 0.2) is 5.78 Å². The molecule has 0 atom stereocenters. The van der Waals surface area contributed by atoms with E-state index in [1.54, 1.807) is 55.5 Å². The monoisotopic (exact) mass is 380 g/mol. The molecule has 0 bridgehead atoms. The van der Waals surface area contributed by atoms with Gasteiger partial charge in [-0.25, -0.2) is 4.79 Å². The van der Waals surface area contributed by atoms with E-state index in [-0.39, 0.29) is 12.2 Å². The van der Waals surface area contributed by atoms with Crippen LogP contribution < -0.4 is 0 Å². The van der Waals surface area contributed by atoms with Crippen molar-refractivity contribution >= 4 is 29.4 Å². The van der Waals surface area contributed by atoms with E-state index in [4.69, 9.17) is 20.8 Å². The lowest BCUT2D eigenvalue weighted by Crippen LogP contribution is -2.16. The minimum Gasteiger partial charge on any atom is -0.462 e. The Labute approximate surface area is 162 Å². The van der Waals surface area contributed by atoms with Crippen LogP contribution in [-0.2, 0) is 9.53 Å². The molecule has 0 aliphatic carbocycles. The van der Waals surface area contributed by atoms with Crippen LogP contribution in [0.4, 0.5) is 0 Å². The first-order chi connectivity index (χ1) is 13.1. The lowest BCUT2D eigenvalue weighted by molar-refractivity contribution is -0.137. The molecule has 0 spiro atoms. The predicted molar refractivity (Wildman–Crippen MR) is 105 cm³/mol. The quantitative estimate of drug-likeness (QED) is 0.188. The van der Waals surface area contributed by atoms with Crippen molar-refractivity contribution in [1.29, 1.82) is 0 Å². The zero-order valence-corrected chi connectivity index (χ0v) is 15.4. The van der Waals surface area contributed by atoms with Crippen LogP contribution in [0, 0.1) is 0 Å². The van der Waals surface area contributed by atoms with Gasteiger partial charge in [0.1, 0.15) is 17.1 Å². The molecule has 27 heavy (non-hydrogen) atoms. The van der Waals surface area contributed by atoms with Gasteiger partial charge in [-0.05, 0) is 37.3 Å². The molecule has 5 heteroatoms. The number of esters is 1. The predicted octanol–water partition coefficient (Wildman–Crippen LogP) is 5.43. The van der Waals surface area contributed by atoms with E-state index in [1.807, 2.05) is 18.2 Å². The lowest BCUT2D eigenvalue weighted by atomic mass is 10.0. The second kappa shape index (κ2) is 8.52. The first-order valence-electron chi connectivity index (χ1n) is 8.43. The summed E-state index contributed by atoms with van der Waals surface area (Å²) in [7, 11) is 0. The zero-order valence-electron chi connectivity index (χ0n) is 14.6.